The largest absolute Gasteiger partial charge is 0.417 e. The minimum atomic E-state index is -4.78. The summed E-state index contributed by atoms with van der Waals surface area (Å²) in [6.07, 6.45) is -2.65. The van der Waals surface area contributed by atoms with Crippen molar-refractivity contribution in [2.24, 2.45) is 5.10 Å². The average Bonchev–Trinajstić information content (AvgIpc) is 2.60. The lowest BCUT2D eigenvalue weighted by Crippen LogP contribution is -2.39. The summed E-state index contributed by atoms with van der Waals surface area (Å²) in [5.41, 5.74) is 2.34. The van der Waals surface area contributed by atoms with Crippen molar-refractivity contribution in [1.82, 2.24) is 5.43 Å². The van der Waals surface area contributed by atoms with Gasteiger partial charge in [0.15, 0.2) is 0 Å². The third-order valence-electron chi connectivity index (χ3n) is 3.71. The Bertz CT molecular complexity index is 1020. The summed E-state index contributed by atoms with van der Waals surface area (Å²) in [6.45, 7) is 1.15. The Hall–Kier alpha value is -2.59. The zero-order valence-electron chi connectivity index (χ0n) is 15.4. The maximum Gasteiger partial charge on any atom is 0.417 e. The first-order chi connectivity index (χ1) is 13.4. The van der Waals surface area contributed by atoms with Crippen LogP contribution in [0.15, 0.2) is 47.6 Å². The van der Waals surface area contributed by atoms with Crippen LogP contribution in [0.5, 0.6) is 0 Å². The second kappa shape index (κ2) is 8.83. The number of nitrogens with one attached hydrogen (secondary N) is 1. The van der Waals surface area contributed by atoms with E-state index in [-0.39, 0.29) is 5.69 Å². The number of benzene rings is 2. The molecule has 0 fully saturated rings. The molecule has 0 saturated heterocycles. The van der Waals surface area contributed by atoms with Gasteiger partial charge in [-0.3, -0.25) is 9.10 Å². The maximum absolute atomic E-state index is 13.1. The van der Waals surface area contributed by atoms with Crippen LogP contribution in [0, 0.1) is 6.92 Å². The predicted molar refractivity (Wildman–Crippen MR) is 106 cm³/mol. The van der Waals surface area contributed by atoms with Crippen LogP contribution in [0.2, 0.25) is 5.02 Å². The van der Waals surface area contributed by atoms with Crippen LogP contribution in [-0.2, 0) is 21.0 Å². The Morgan fingerprint density at radius 2 is 1.83 bits per heavy atom. The van der Waals surface area contributed by atoms with E-state index < -0.39 is 39.2 Å². The van der Waals surface area contributed by atoms with E-state index >= 15 is 0 Å². The number of carbonyl (C=O) groups excluding carboxylic acids is 1. The van der Waals surface area contributed by atoms with Crippen LogP contribution in [0.1, 0.15) is 16.7 Å². The van der Waals surface area contributed by atoms with E-state index in [0.29, 0.717) is 15.9 Å². The Balaban J connectivity index is 2.19. The second-order valence-corrected chi connectivity index (χ2v) is 8.45. The summed E-state index contributed by atoms with van der Waals surface area (Å²) < 4.78 is 63.8. The molecule has 0 aliphatic heterocycles. The summed E-state index contributed by atoms with van der Waals surface area (Å²) in [4.78, 5) is 12.1. The van der Waals surface area contributed by atoms with Crippen molar-refractivity contribution in [1.29, 1.82) is 0 Å². The first kappa shape index (κ1) is 22.7. The summed E-state index contributed by atoms with van der Waals surface area (Å²) in [7, 11) is -4.06. The molecule has 0 saturated carbocycles. The lowest BCUT2D eigenvalue weighted by atomic mass is 10.2. The highest BCUT2D eigenvalue weighted by Crippen LogP contribution is 2.37. The summed E-state index contributed by atoms with van der Waals surface area (Å²) in [5, 5.41) is 3.14. The molecule has 0 heterocycles. The van der Waals surface area contributed by atoms with Gasteiger partial charge in [0.25, 0.3) is 5.91 Å². The molecule has 0 unspecified atom stereocenters. The molecule has 0 bridgehead atoms. The fourth-order valence-corrected chi connectivity index (χ4v) is 3.36. The van der Waals surface area contributed by atoms with Crippen molar-refractivity contribution in [3.05, 3.63) is 64.2 Å². The van der Waals surface area contributed by atoms with Gasteiger partial charge in [-0.1, -0.05) is 41.4 Å². The minimum Gasteiger partial charge on any atom is -0.271 e. The number of hydrogen-bond acceptors (Lipinski definition) is 4. The molecule has 6 nitrogen and oxygen atoms in total. The topological polar surface area (TPSA) is 78.8 Å². The zero-order chi connectivity index (χ0) is 21.8. The monoisotopic (exact) mass is 447 g/mol. The number of hydrazone groups is 1. The smallest absolute Gasteiger partial charge is 0.271 e. The molecule has 1 amide bonds. The molecule has 29 heavy (non-hydrogen) atoms. The molecule has 1 N–H and O–H groups in total. The van der Waals surface area contributed by atoms with Gasteiger partial charge >= 0.3 is 6.18 Å². The van der Waals surface area contributed by atoms with Crippen molar-refractivity contribution in [3.8, 4) is 0 Å². The second-order valence-electron chi connectivity index (χ2n) is 6.14. The number of amides is 1. The molecular formula is C18H17ClF3N3O3S. The van der Waals surface area contributed by atoms with E-state index in [4.69, 9.17) is 11.6 Å². The van der Waals surface area contributed by atoms with Crippen LogP contribution >= 0.6 is 11.6 Å². The van der Waals surface area contributed by atoms with Gasteiger partial charge in [-0.15, -0.1) is 0 Å². The van der Waals surface area contributed by atoms with Gasteiger partial charge in [-0.05, 0) is 30.7 Å². The molecule has 0 aliphatic rings. The molecule has 0 atom stereocenters. The number of rotatable bonds is 6. The van der Waals surface area contributed by atoms with Crippen molar-refractivity contribution >= 4 is 39.4 Å². The average molecular weight is 448 g/mol. The van der Waals surface area contributed by atoms with E-state index in [0.717, 1.165) is 24.0 Å². The van der Waals surface area contributed by atoms with E-state index in [1.165, 1.54) is 6.21 Å². The maximum atomic E-state index is 13.1. The van der Waals surface area contributed by atoms with Gasteiger partial charge in [0.2, 0.25) is 10.0 Å². The van der Waals surface area contributed by atoms with E-state index in [9.17, 15) is 26.4 Å². The fourth-order valence-electron chi connectivity index (χ4n) is 2.28. The highest BCUT2D eigenvalue weighted by molar-refractivity contribution is 7.92. The molecule has 0 aromatic heterocycles. The summed E-state index contributed by atoms with van der Waals surface area (Å²) in [5.74, 6) is -0.831. The molecular weight excluding hydrogens is 431 g/mol. The van der Waals surface area contributed by atoms with Crippen LogP contribution in [-0.4, -0.2) is 33.3 Å². The number of carbonyl (C=O) groups is 1. The standard InChI is InChI=1S/C18H17ClF3N3O3S/c1-12-3-5-13(6-4-12)10-23-24-17(26)11-25(29(2,27)28)14-7-8-16(19)15(9-14)18(20,21)22/h3-10H,11H2,1-2H3,(H,24,26)/b23-10-. The molecule has 0 aliphatic carbocycles. The fraction of sp³-hybridized carbons (Fsp3) is 0.222. The predicted octanol–water partition coefficient (Wildman–Crippen LogP) is 3.58. The number of nitrogens with zero attached hydrogens (tertiary/aromatic N) is 2. The SMILES string of the molecule is Cc1ccc(/C=N\NC(=O)CN(c2ccc(Cl)c(C(F)(F)F)c2)S(C)(=O)=O)cc1. The number of alkyl halides is 3. The molecule has 11 heteroatoms. The van der Waals surface area contributed by atoms with Crippen LogP contribution in [0.3, 0.4) is 0 Å². The van der Waals surface area contributed by atoms with Crippen LogP contribution in [0.4, 0.5) is 18.9 Å². The lowest BCUT2D eigenvalue weighted by molar-refractivity contribution is -0.137. The van der Waals surface area contributed by atoms with Crippen molar-refractivity contribution in [2.45, 2.75) is 13.1 Å². The number of aryl methyl sites for hydroxylation is 1. The number of halogens is 4. The number of sulfonamides is 1. The molecule has 2 aromatic carbocycles. The number of anilines is 1. The Morgan fingerprint density at radius 1 is 1.21 bits per heavy atom. The Morgan fingerprint density at radius 3 is 2.38 bits per heavy atom. The Kier molecular flexibility index (Phi) is 6.91. The van der Waals surface area contributed by atoms with E-state index in [1.807, 2.05) is 19.1 Å². The molecule has 0 radical (unpaired) electrons. The van der Waals surface area contributed by atoms with Crippen molar-refractivity contribution in [3.63, 3.8) is 0 Å². The molecule has 2 rings (SSSR count). The molecule has 2 aromatic rings. The van der Waals surface area contributed by atoms with Gasteiger partial charge in [-0.2, -0.15) is 18.3 Å². The lowest BCUT2D eigenvalue weighted by Gasteiger charge is -2.22. The van der Waals surface area contributed by atoms with E-state index in [2.05, 4.69) is 10.5 Å². The van der Waals surface area contributed by atoms with Gasteiger partial charge in [0.05, 0.1) is 28.7 Å². The zero-order valence-corrected chi connectivity index (χ0v) is 16.9. The first-order valence-corrected chi connectivity index (χ1v) is 10.3. The highest BCUT2D eigenvalue weighted by Gasteiger charge is 2.34. The van der Waals surface area contributed by atoms with Crippen molar-refractivity contribution < 1.29 is 26.4 Å². The van der Waals surface area contributed by atoms with Gasteiger partial charge in [0, 0.05) is 0 Å². The highest BCUT2D eigenvalue weighted by atomic mass is 35.5. The summed E-state index contributed by atoms with van der Waals surface area (Å²) in [6, 6.07) is 9.79. The first-order valence-electron chi connectivity index (χ1n) is 8.11. The van der Waals surface area contributed by atoms with Crippen LogP contribution < -0.4 is 9.73 Å². The Labute approximate surface area is 171 Å². The minimum absolute atomic E-state index is 0.345. The van der Waals surface area contributed by atoms with Crippen molar-refractivity contribution in [2.75, 3.05) is 17.1 Å². The van der Waals surface area contributed by atoms with Gasteiger partial charge in [-0.25, -0.2) is 13.8 Å². The molecule has 0 spiro atoms. The van der Waals surface area contributed by atoms with E-state index in [1.54, 1.807) is 12.1 Å². The quantitative estimate of drug-likeness (QED) is 0.543. The normalized spacial score (nSPS) is 12.2. The van der Waals surface area contributed by atoms with Gasteiger partial charge < -0.3 is 0 Å². The molecule has 156 valence electrons. The van der Waals surface area contributed by atoms with Gasteiger partial charge in [0.1, 0.15) is 6.54 Å². The number of hydrogen-bond donors (Lipinski definition) is 1. The third-order valence-corrected chi connectivity index (χ3v) is 5.18. The van der Waals surface area contributed by atoms with Crippen LogP contribution in [0.25, 0.3) is 0 Å². The summed E-state index contributed by atoms with van der Waals surface area (Å²) >= 11 is 5.56. The third kappa shape index (κ3) is 6.47.